The molecule has 0 bridgehead atoms. The van der Waals surface area contributed by atoms with Crippen LogP contribution in [-0.4, -0.2) is 18.9 Å². The monoisotopic (exact) mass is 229 g/mol. The number of Topliss-reactive ketones (excluding diaryl/α,β-unsaturated/α-hetero) is 1. The molecular formula is C15H19NO. The number of hydrogen-bond acceptors (Lipinski definition) is 2. The minimum Gasteiger partial charge on any atom is -0.309 e. The van der Waals surface area contributed by atoms with Crippen LogP contribution in [0, 0.1) is 6.92 Å². The van der Waals surface area contributed by atoms with Crippen LogP contribution >= 0.6 is 0 Å². The number of benzene rings is 1. The van der Waals surface area contributed by atoms with Gasteiger partial charge >= 0.3 is 0 Å². The molecule has 0 aromatic heterocycles. The van der Waals surface area contributed by atoms with E-state index >= 15 is 0 Å². The lowest BCUT2D eigenvalue weighted by molar-refractivity contribution is 0.0993. The van der Waals surface area contributed by atoms with Crippen LogP contribution in [0.15, 0.2) is 18.2 Å². The van der Waals surface area contributed by atoms with Crippen molar-refractivity contribution in [2.45, 2.75) is 38.0 Å². The van der Waals surface area contributed by atoms with Crippen molar-refractivity contribution in [3.05, 3.63) is 34.9 Å². The van der Waals surface area contributed by atoms with Crippen LogP contribution in [-0.2, 0) is 5.41 Å². The average molecular weight is 229 g/mol. The number of carbonyl (C=O) groups excluding carboxylic acids is 1. The summed E-state index contributed by atoms with van der Waals surface area (Å²) in [6.07, 6.45) is 5.04. The normalized spacial score (nSPS) is 22.5. The van der Waals surface area contributed by atoms with E-state index in [4.69, 9.17) is 0 Å². The maximum absolute atomic E-state index is 12.1. The largest absolute Gasteiger partial charge is 0.309 e. The third-order valence-corrected chi connectivity index (χ3v) is 4.36. The summed E-state index contributed by atoms with van der Waals surface area (Å²) in [5, 5.41) is 3.35. The van der Waals surface area contributed by atoms with Crippen LogP contribution in [0.1, 0.15) is 47.2 Å². The Labute approximate surface area is 102 Å². The van der Waals surface area contributed by atoms with Gasteiger partial charge in [0.15, 0.2) is 5.78 Å². The first-order chi connectivity index (χ1) is 8.21. The summed E-state index contributed by atoms with van der Waals surface area (Å²) in [4.78, 5) is 12.1. The molecule has 1 aromatic carbocycles. The van der Waals surface area contributed by atoms with E-state index in [1.54, 1.807) is 0 Å². The van der Waals surface area contributed by atoms with Crippen molar-refractivity contribution in [1.29, 1.82) is 0 Å². The maximum Gasteiger partial charge on any atom is 0.176 e. The van der Waals surface area contributed by atoms with E-state index in [9.17, 15) is 4.79 Å². The molecule has 0 amide bonds. The highest BCUT2D eigenvalue weighted by Crippen LogP contribution is 2.43. The molecule has 1 aliphatic carbocycles. The molecule has 2 aliphatic rings. The molecule has 2 nitrogen and oxygen atoms in total. The highest BCUT2D eigenvalue weighted by Gasteiger charge is 2.39. The topological polar surface area (TPSA) is 29.1 Å². The van der Waals surface area contributed by atoms with Crippen molar-refractivity contribution < 1.29 is 4.79 Å². The molecule has 2 heteroatoms. The second kappa shape index (κ2) is 3.95. The van der Waals surface area contributed by atoms with Gasteiger partial charge in [0.1, 0.15) is 0 Å². The van der Waals surface area contributed by atoms with Gasteiger partial charge in [-0.25, -0.2) is 0 Å². The van der Waals surface area contributed by atoms with Gasteiger partial charge in [-0.1, -0.05) is 30.5 Å². The van der Waals surface area contributed by atoms with Crippen molar-refractivity contribution >= 4 is 5.78 Å². The van der Waals surface area contributed by atoms with Crippen LogP contribution in [0.5, 0.6) is 0 Å². The van der Waals surface area contributed by atoms with Gasteiger partial charge in [0.05, 0.1) is 6.54 Å². The van der Waals surface area contributed by atoms with E-state index in [0.717, 1.165) is 12.1 Å². The summed E-state index contributed by atoms with van der Waals surface area (Å²) in [5.74, 6) is 0.257. The lowest BCUT2D eigenvalue weighted by atomic mass is 9.76. The highest BCUT2D eigenvalue weighted by atomic mass is 16.1. The van der Waals surface area contributed by atoms with Gasteiger partial charge in [0.2, 0.25) is 0 Å². The molecule has 1 aliphatic heterocycles. The smallest absolute Gasteiger partial charge is 0.176 e. The Bertz CT molecular complexity index is 458. The SMILES string of the molecule is Cc1ccc2c(c1)C(=O)CNCC21CCCC1. The Hall–Kier alpha value is -1.15. The molecule has 90 valence electrons. The van der Waals surface area contributed by atoms with E-state index < -0.39 is 0 Å². The van der Waals surface area contributed by atoms with Crippen molar-refractivity contribution in [3.63, 3.8) is 0 Å². The molecule has 1 heterocycles. The zero-order chi connectivity index (χ0) is 11.9. The van der Waals surface area contributed by atoms with E-state index in [0.29, 0.717) is 6.54 Å². The molecule has 3 rings (SSSR count). The minimum atomic E-state index is 0.231. The Morgan fingerprint density at radius 3 is 2.76 bits per heavy atom. The molecular weight excluding hydrogens is 210 g/mol. The Balaban J connectivity index is 2.17. The number of ketones is 1. The molecule has 0 unspecified atom stereocenters. The summed E-state index contributed by atoms with van der Waals surface area (Å²) >= 11 is 0. The van der Waals surface area contributed by atoms with Crippen LogP contribution < -0.4 is 5.32 Å². The highest BCUT2D eigenvalue weighted by molar-refractivity contribution is 6.00. The first-order valence-electron chi connectivity index (χ1n) is 6.56. The maximum atomic E-state index is 12.1. The number of nitrogens with one attached hydrogen (secondary N) is 1. The molecule has 1 saturated carbocycles. The molecule has 0 radical (unpaired) electrons. The minimum absolute atomic E-state index is 0.231. The lowest BCUT2D eigenvalue weighted by Crippen LogP contribution is -2.34. The molecule has 1 N–H and O–H groups in total. The number of carbonyl (C=O) groups is 1. The van der Waals surface area contributed by atoms with Crippen LogP contribution in [0.25, 0.3) is 0 Å². The van der Waals surface area contributed by atoms with Gasteiger partial charge in [-0.05, 0) is 31.4 Å². The number of rotatable bonds is 0. The van der Waals surface area contributed by atoms with Gasteiger partial charge < -0.3 is 5.32 Å². The zero-order valence-corrected chi connectivity index (χ0v) is 10.4. The molecule has 0 saturated heterocycles. The summed E-state index contributed by atoms with van der Waals surface area (Å²) in [6, 6.07) is 6.42. The Morgan fingerprint density at radius 1 is 1.24 bits per heavy atom. The summed E-state index contributed by atoms with van der Waals surface area (Å²) in [6.45, 7) is 3.53. The van der Waals surface area contributed by atoms with E-state index in [2.05, 4.69) is 30.4 Å². The van der Waals surface area contributed by atoms with Crippen LogP contribution in [0.3, 0.4) is 0 Å². The van der Waals surface area contributed by atoms with Crippen molar-refractivity contribution in [2.24, 2.45) is 0 Å². The van der Waals surface area contributed by atoms with Crippen molar-refractivity contribution in [1.82, 2.24) is 5.32 Å². The third-order valence-electron chi connectivity index (χ3n) is 4.36. The standard InChI is InChI=1S/C15H19NO/c1-11-4-5-13-12(8-11)14(17)9-16-10-15(13)6-2-3-7-15/h4-5,8,16H,2-3,6-7,9-10H2,1H3. The Morgan fingerprint density at radius 2 is 2.00 bits per heavy atom. The molecule has 1 spiro atoms. The lowest BCUT2D eigenvalue weighted by Gasteiger charge is -2.29. The first kappa shape index (κ1) is 11.0. The fourth-order valence-electron chi connectivity index (χ4n) is 3.45. The molecule has 1 fully saturated rings. The summed E-state index contributed by atoms with van der Waals surface area (Å²) in [7, 11) is 0. The average Bonchev–Trinajstić information content (AvgIpc) is 2.73. The van der Waals surface area contributed by atoms with E-state index in [-0.39, 0.29) is 11.2 Å². The van der Waals surface area contributed by atoms with Gasteiger partial charge in [-0.15, -0.1) is 0 Å². The van der Waals surface area contributed by atoms with Gasteiger partial charge in [0, 0.05) is 17.5 Å². The quantitative estimate of drug-likeness (QED) is 0.741. The molecule has 1 aromatic rings. The van der Waals surface area contributed by atoms with Gasteiger partial charge in [0.25, 0.3) is 0 Å². The van der Waals surface area contributed by atoms with E-state index in [1.807, 2.05) is 0 Å². The van der Waals surface area contributed by atoms with Gasteiger partial charge in [-0.3, -0.25) is 4.79 Å². The van der Waals surface area contributed by atoms with Crippen molar-refractivity contribution in [3.8, 4) is 0 Å². The molecule has 0 atom stereocenters. The zero-order valence-electron chi connectivity index (χ0n) is 10.4. The van der Waals surface area contributed by atoms with Gasteiger partial charge in [-0.2, -0.15) is 0 Å². The number of hydrogen-bond donors (Lipinski definition) is 1. The second-order valence-electron chi connectivity index (χ2n) is 5.56. The fourth-order valence-corrected chi connectivity index (χ4v) is 3.45. The van der Waals surface area contributed by atoms with Crippen molar-refractivity contribution in [2.75, 3.05) is 13.1 Å². The number of aryl methyl sites for hydroxylation is 1. The third kappa shape index (κ3) is 1.71. The summed E-state index contributed by atoms with van der Waals surface area (Å²) in [5.41, 5.74) is 3.69. The first-order valence-corrected chi connectivity index (χ1v) is 6.56. The summed E-state index contributed by atoms with van der Waals surface area (Å²) < 4.78 is 0. The van der Waals surface area contributed by atoms with Crippen LogP contribution in [0.2, 0.25) is 0 Å². The second-order valence-corrected chi connectivity index (χ2v) is 5.56. The van der Waals surface area contributed by atoms with E-state index in [1.165, 1.54) is 36.8 Å². The van der Waals surface area contributed by atoms with Crippen LogP contribution in [0.4, 0.5) is 0 Å². The molecule has 17 heavy (non-hydrogen) atoms. The fraction of sp³-hybridized carbons (Fsp3) is 0.533. The predicted octanol–water partition coefficient (Wildman–Crippen LogP) is 2.59. The number of fused-ring (bicyclic) bond motifs is 2. The Kier molecular flexibility index (Phi) is 2.55. The predicted molar refractivity (Wildman–Crippen MR) is 68.5 cm³/mol.